The SMILES string of the molecule is CCCC1CCC(O)C(CCc2ccc(OC)cc2)C1. The molecule has 112 valence electrons. The highest BCUT2D eigenvalue weighted by Crippen LogP contribution is 2.34. The van der Waals surface area contributed by atoms with Crippen LogP contribution in [0.3, 0.4) is 0 Å². The van der Waals surface area contributed by atoms with Crippen LogP contribution in [0.4, 0.5) is 0 Å². The summed E-state index contributed by atoms with van der Waals surface area (Å²) in [6.07, 6.45) is 8.11. The van der Waals surface area contributed by atoms with E-state index in [1.165, 1.54) is 31.2 Å². The quantitative estimate of drug-likeness (QED) is 0.843. The average Bonchev–Trinajstić information content (AvgIpc) is 2.48. The minimum atomic E-state index is -0.0821. The van der Waals surface area contributed by atoms with Gasteiger partial charge in [-0.15, -0.1) is 0 Å². The molecule has 1 fully saturated rings. The first-order chi connectivity index (χ1) is 9.72. The lowest BCUT2D eigenvalue weighted by atomic mass is 9.75. The highest BCUT2D eigenvalue weighted by Gasteiger charge is 2.28. The summed E-state index contributed by atoms with van der Waals surface area (Å²) in [7, 11) is 1.70. The molecule has 2 heteroatoms. The first-order valence-electron chi connectivity index (χ1n) is 8.04. The van der Waals surface area contributed by atoms with Crippen LogP contribution >= 0.6 is 0 Å². The third kappa shape index (κ3) is 4.24. The number of ether oxygens (including phenoxy) is 1. The fourth-order valence-corrected chi connectivity index (χ4v) is 3.47. The molecule has 1 aromatic carbocycles. The minimum Gasteiger partial charge on any atom is -0.497 e. The van der Waals surface area contributed by atoms with Gasteiger partial charge in [0.05, 0.1) is 13.2 Å². The van der Waals surface area contributed by atoms with Crippen LogP contribution in [0.2, 0.25) is 0 Å². The zero-order valence-corrected chi connectivity index (χ0v) is 12.8. The number of aliphatic hydroxyl groups excluding tert-OH is 1. The molecule has 1 saturated carbocycles. The van der Waals surface area contributed by atoms with Crippen LogP contribution in [-0.2, 0) is 6.42 Å². The van der Waals surface area contributed by atoms with Crippen LogP contribution in [0.15, 0.2) is 24.3 Å². The molecule has 0 radical (unpaired) electrons. The first kappa shape index (κ1) is 15.4. The van der Waals surface area contributed by atoms with Gasteiger partial charge in [0, 0.05) is 0 Å². The molecule has 2 nitrogen and oxygen atoms in total. The molecule has 2 rings (SSSR count). The maximum absolute atomic E-state index is 10.2. The van der Waals surface area contributed by atoms with Crippen molar-refractivity contribution >= 4 is 0 Å². The number of aliphatic hydroxyl groups is 1. The van der Waals surface area contributed by atoms with E-state index in [-0.39, 0.29) is 6.10 Å². The maximum Gasteiger partial charge on any atom is 0.118 e. The average molecular weight is 276 g/mol. The number of hydrogen-bond donors (Lipinski definition) is 1. The van der Waals surface area contributed by atoms with Crippen molar-refractivity contribution in [2.24, 2.45) is 11.8 Å². The van der Waals surface area contributed by atoms with E-state index < -0.39 is 0 Å². The van der Waals surface area contributed by atoms with Gasteiger partial charge in [0.25, 0.3) is 0 Å². The molecule has 1 aliphatic carbocycles. The van der Waals surface area contributed by atoms with Gasteiger partial charge in [-0.25, -0.2) is 0 Å². The molecule has 3 atom stereocenters. The van der Waals surface area contributed by atoms with Gasteiger partial charge in [0.1, 0.15) is 5.75 Å². The Balaban J connectivity index is 1.84. The molecule has 0 amide bonds. The minimum absolute atomic E-state index is 0.0821. The van der Waals surface area contributed by atoms with Crippen molar-refractivity contribution in [3.05, 3.63) is 29.8 Å². The molecule has 20 heavy (non-hydrogen) atoms. The maximum atomic E-state index is 10.2. The number of benzene rings is 1. The van der Waals surface area contributed by atoms with Crippen molar-refractivity contribution in [2.45, 2.75) is 58.0 Å². The molecule has 3 unspecified atom stereocenters. The zero-order valence-electron chi connectivity index (χ0n) is 12.8. The van der Waals surface area contributed by atoms with Crippen LogP contribution in [0.5, 0.6) is 5.75 Å². The van der Waals surface area contributed by atoms with Gasteiger partial charge < -0.3 is 9.84 Å². The van der Waals surface area contributed by atoms with Crippen molar-refractivity contribution in [2.75, 3.05) is 7.11 Å². The van der Waals surface area contributed by atoms with Gasteiger partial charge in [-0.2, -0.15) is 0 Å². The Morgan fingerprint density at radius 3 is 2.55 bits per heavy atom. The Labute approximate surface area is 123 Å². The summed E-state index contributed by atoms with van der Waals surface area (Å²) < 4.78 is 5.18. The van der Waals surface area contributed by atoms with Crippen LogP contribution in [0, 0.1) is 11.8 Å². The number of aryl methyl sites for hydroxylation is 1. The van der Waals surface area contributed by atoms with E-state index in [0.717, 1.165) is 30.9 Å². The van der Waals surface area contributed by atoms with Crippen molar-refractivity contribution < 1.29 is 9.84 Å². The summed E-state index contributed by atoms with van der Waals surface area (Å²) in [6.45, 7) is 2.26. The topological polar surface area (TPSA) is 29.5 Å². The normalized spacial score (nSPS) is 26.4. The van der Waals surface area contributed by atoms with Crippen LogP contribution < -0.4 is 4.74 Å². The Bertz CT molecular complexity index is 385. The van der Waals surface area contributed by atoms with Crippen molar-refractivity contribution in [1.82, 2.24) is 0 Å². The first-order valence-corrected chi connectivity index (χ1v) is 8.04. The monoisotopic (exact) mass is 276 g/mol. The van der Waals surface area contributed by atoms with Gasteiger partial charge in [0.15, 0.2) is 0 Å². The molecular formula is C18H28O2. The molecule has 1 N–H and O–H groups in total. The Morgan fingerprint density at radius 2 is 1.90 bits per heavy atom. The largest absolute Gasteiger partial charge is 0.497 e. The van der Waals surface area contributed by atoms with Crippen molar-refractivity contribution in [3.63, 3.8) is 0 Å². The fourth-order valence-electron chi connectivity index (χ4n) is 3.47. The highest BCUT2D eigenvalue weighted by atomic mass is 16.5. The summed E-state index contributed by atoms with van der Waals surface area (Å²) in [5, 5.41) is 10.2. The lowest BCUT2D eigenvalue weighted by molar-refractivity contribution is 0.0420. The Hall–Kier alpha value is -1.02. The lowest BCUT2D eigenvalue weighted by Gasteiger charge is -2.33. The summed E-state index contributed by atoms with van der Waals surface area (Å²) in [4.78, 5) is 0. The van der Waals surface area contributed by atoms with Crippen LogP contribution in [0.25, 0.3) is 0 Å². The smallest absolute Gasteiger partial charge is 0.118 e. The van der Waals surface area contributed by atoms with Crippen LogP contribution in [0.1, 0.15) is 51.0 Å². The predicted molar refractivity (Wildman–Crippen MR) is 83.1 cm³/mol. The summed E-state index contributed by atoms with van der Waals surface area (Å²) >= 11 is 0. The fraction of sp³-hybridized carbons (Fsp3) is 0.667. The van der Waals surface area contributed by atoms with Crippen molar-refractivity contribution in [1.29, 1.82) is 0 Å². The van der Waals surface area contributed by atoms with E-state index in [1.54, 1.807) is 7.11 Å². The zero-order chi connectivity index (χ0) is 14.4. The van der Waals surface area contributed by atoms with E-state index in [4.69, 9.17) is 4.74 Å². The van der Waals surface area contributed by atoms with E-state index in [1.807, 2.05) is 12.1 Å². The Kier molecular flexibility index (Phi) is 5.90. The summed E-state index contributed by atoms with van der Waals surface area (Å²) in [5.41, 5.74) is 1.34. The van der Waals surface area contributed by atoms with Gasteiger partial charge >= 0.3 is 0 Å². The van der Waals surface area contributed by atoms with Gasteiger partial charge in [-0.1, -0.05) is 31.9 Å². The number of rotatable bonds is 6. The van der Waals surface area contributed by atoms with Gasteiger partial charge in [-0.3, -0.25) is 0 Å². The molecule has 0 spiro atoms. The van der Waals surface area contributed by atoms with E-state index in [2.05, 4.69) is 19.1 Å². The Morgan fingerprint density at radius 1 is 1.15 bits per heavy atom. The molecule has 1 aliphatic rings. The second-order valence-electron chi connectivity index (χ2n) is 6.18. The van der Waals surface area contributed by atoms with E-state index in [0.29, 0.717) is 5.92 Å². The second-order valence-corrected chi connectivity index (χ2v) is 6.18. The predicted octanol–water partition coefficient (Wildman–Crippen LogP) is 4.21. The highest BCUT2D eigenvalue weighted by molar-refractivity contribution is 5.27. The second kappa shape index (κ2) is 7.68. The molecule has 0 aromatic heterocycles. The van der Waals surface area contributed by atoms with Gasteiger partial charge in [0.2, 0.25) is 0 Å². The van der Waals surface area contributed by atoms with E-state index in [9.17, 15) is 5.11 Å². The molecule has 0 saturated heterocycles. The standard InChI is InChI=1S/C18H28O2/c1-3-4-15-8-12-18(19)16(13-15)9-5-14-6-10-17(20-2)11-7-14/h6-7,10-11,15-16,18-19H,3-5,8-9,12-13H2,1-2H3. The number of hydrogen-bond acceptors (Lipinski definition) is 2. The third-order valence-electron chi connectivity index (χ3n) is 4.71. The molecule has 0 heterocycles. The molecule has 0 aliphatic heterocycles. The number of methoxy groups -OCH3 is 1. The van der Waals surface area contributed by atoms with Crippen LogP contribution in [-0.4, -0.2) is 18.3 Å². The molecule has 0 bridgehead atoms. The summed E-state index contributed by atoms with van der Waals surface area (Å²) in [6, 6.07) is 8.31. The lowest BCUT2D eigenvalue weighted by Crippen LogP contribution is -2.29. The third-order valence-corrected chi connectivity index (χ3v) is 4.71. The van der Waals surface area contributed by atoms with Crippen molar-refractivity contribution in [3.8, 4) is 5.75 Å². The molecule has 1 aromatic rings. The molecular weight excluding hydrogens is 248 g/mol. The summed E-state index contributed by atoms with van der Waals surface area (Å²) in [5.74, 6) is 2.24. The van der Waals surface area contributed by atoms with Gasteiger partial charge in [-0.05, 0) is 61.6 Å². The van der Waals surface area contributed by atoms with E-state index >= 15 is 0 Å².